The fraction of sp³-hybridized carbons (Fsp3) is 0.429. The molecule has 4 heteroatoms. The van der Waals surface area contributed by atoms with Crippen molar-refractivity contribution < 1.29 is 13.9 Å². The van der Waals surface area contributed by atoms with Gasteiger partial charge in [0.25, 0.3) is 0 Å². The summed E-state index contributed by atoms with van der Waals surface area (Å²) in [6.07, 6.45) is 2.41. The molecule has 1 aliphatic rings. The van der Waals surface area contributed by atoms with E-state index in [-0.39, 0.29) is 0 Å². The molecule has 96 valence electrons. The molecule has 18 heavy (non-hydrogen) atoms. The van der Waals surface area contributed by atoms with Crippen molar-refractivity contribution in [1.82, 2.24) is 0 Å². The van der Waals surface area contributed by atoms with E-state index in [0.29, 0.717) is 12.5 Å². The van der Waals surface area contributed by atoms with Crippen molar-refractivity contribution in [3.63, 3.8) is 0 Å². The van der Waals surface area contributed by atoms with Crippen LogP contribution in [-0.4, -0.2) is 14.2 Å². The monoisotopic (exact) mass is 247 g/mol. The number of ether oxygens (including phenoxy) is 2. The molecule has 2 N–H and O–H groups in total. The van der Waals surface area contributed by atoms with Crippen LogP contribution >= 0.6 is 0 Å². The molecule has 0 atom stereocenters. The van der Waals surface area contributed by atoms with E-state index in [4.69, 9.17) is 19.6 Å². The second kappa shape index (κ2) is 4.21. The highest BCUT2D eigenvalue weighted by Gasteiger charge is 2.32. The van der Waals surface area contributed by atoms with Gasteiger partial charge in [0, 0.05) is 17.7 Å². The Bertz CT molecular complexity index is 584. The average Bonchev–Trinajstić information content (AvgIpc) is 3.17. The Kier molecular flexibility index (Phi) is 2.67. The van der Waals surface area contributed by atoms with Crippen LogP contribution in [0, 0.1) is 0 Å². The Labute approximate surface area is 106 Å². The lowest BCUT2D eigenvalue weighted by atomic mass is 10.0. The zero-order valence-electron chi connectivity index (χ0n) is 10.7. The number of rotatable bonds is 4. The van der Waals surface area contributed by atoms with Crippen LogP contribution in [0.4, 0.5) is 0 Å². The SMILES string of the molecule is COc1cc(OC)c2c(C3CC3)c(CN)oc2c1. The molecule has 4 nitrogen and oxygen atoms in total. The van der Waals surface area contributed by atoms with Gasteiger partial charge in [-0.3, -0.25) is 0 Å². The van der Waals surface area contributed by atoms with Crippen molar-refractivity contribution in [2.45, 2.75) is 25.3 Å². The molecule has 1 fully saturated rings. The molecule has 1 aromatic carbocycles. The molecule has 0 amide bonds. The summed E-state index contributed by atoms with van der Waals surface area (Å²) in [4.78, 5) is 0. The quantitative estimate of drug-likeness (QED) is 0.902. The first kappa shape index (κ1) is 11.4. The van der Waals surface area contributed by atoms with Crippen molar-refractivity contribution in [2.24, 2.45) is 5.73 Å². The predicted octanol–water partition coefficient (Wildman–Crippen LogP) is 2.79. The van der Waals surface area contributed by atoms with Crippen molar-refractivity contribution in [1.29, 1.82) is 0 Å². The Morgan fingerprint density at radius 2 is 2.06 bits per heavy atom. The fourth-order valence-electron chi connectivity index (χ4n) is 2.47. The normalized spacial score (nSPS) is 15.1. The van der Waals surface area contributed by atoms with Gasteiger partial charge >= 0.3 is 0 Å². The highest BCUT2D eigenvalue weighted by molar-refractivity contribution is 5.90. The second-order valence-corrected chi connectivity index (χ2v) is 4.62. The predicted molar refractivity (Wildman–Crippen MR) is 69.2 cm³/mol. The lowest BCUT2D eigenvalue weighted by Crippen LogP contribution is -1.97. The third-order valence-corrected chi connectivity index (χ3v) is 3.47. The van der Waals surface area contributed by atoms with E-state index < -0.39 is 0 Å². The highest BCUT2D eigenvalue weighted by atomic mass is 16.5. The van der Waals surface area contributed by atoms with Gasteiger partial charge in [-0.2, -0.15) is 0 Å². The van der Waals surface area contributed by atoms with Crippen LogP contribution in [0.2, 0.25) is 0 Å². The molecule has 3 rings (SSSR count). The van der Waals surface area contributed by atoms with Crippen LogP contribution in [0.3, 0.4) is 0 Å². The lowest BCUT2D eigenvalue weighted by molar-refractivity contribution is 0.397. The first-order chi connectivity index (χ1) is 8.78. The van der Waals surface area contributed by atoms with E-state index in [9.17, 15) is 0 Å². The topological polar surface area (TPSA) is 57.6 Å². The van der Waals surface area contributed by atoms with E-state index in [0.717, 1.165) is 28.2 Å². The zero-order valence-corrected chi connectivity index (χ0v) is 10.7. The molecule has 0 bridgehead atoms. The molecule has 0 radical (unpaired) electrons. The maximum Gasteiger partial charge on any atom is 0.142 e. The van der Waals surface area contributed by atoms with E-state index in [1.165, 1.54) is 18.4 Å². The Morgan fingerprint density at radius 3 is 2.61 bits per heavy atom. The molecule has 0 spiro atoms. The first-order valence-electron chi connectivity index (χ1n) is 6.15. The minimum atomic E-state index is 0.423. The van der Waals surface area contributed by atoms with Gasteiger partial charge in [0.1, 0.15) is 22.8 Å². The van der Waals surface area contributed by atoms with Crippen molar-refractivity contribution >= 4 is 11.0 Å². The third-order valence-electron chi connectivity index (χ3n) is 3.47. The number of benzene rings is 1. The summed E-state index contributed by atoms with van der Waals surface area (Å²) in [7, 11) is 3.30. The van der Waals surface area contributed by atoms with Crippen molar-refractivity contribution in [2.75, 3.05) is 14.2 Å². The molecule has 1 aliphatic carbocycles. The highest BCUT2D eigenvalue weighted by Crippen LogP contribution is 2.49. The van der Waals surface area contributed by atoms with Gasteiger partial charge in [-0.25, -0.2) is 0 Å². The standard InChI is InChI=1S/C14H17NO3/c1-16-9-5-10(17-2)14-11(6-9)18-12(7-15)13(14)8-3-4-8/h5-6,8H,3-4,7,15H2,1-2H3. The minimum absolute atomic E-state index is 0.423. The maximum atomic E-state index is 5.85. The van der Waals surface area contributed by atoms with Crippen LogP contribution in [0.1, 0.15) is 30.1 Å². The molecule has 2 aromatic rings. The third kappa shape index (κ3) is 1.64. The van der Waals surface area contributed by atoms with Crippen LogP contribution in [0.15, 0.2) is 16.5 Å². The van der Waals surface area contributed by atoms with Crippen LogP contribution in [-0.2, 0) is 6.54 Å². The fourth-order valence-corrected chi connectivity index (χ4v) is 2.47. The van der Waals surface area contributed by atoms with Gasteiger partial charge in [0.15, 0.2) is 0 Å². The van der Waals surface area contributed by atoms with Gasteiger partial charge in [-0.15, -0.1) is 0 Å². The number of nitrogens with two attached hydrogens (primary N) is 1. The summed E-state index contributed by atoms with van der Waals surface area (Å²) < 4.78 is 16.6. The van der Waals surface area contributed by atoms with Gasteiger partial charge in [-0.1, -0.05) is 0 Å². The van der Waals surface area contributed by atoms with Crippen LogP contribution in [0.5, 0.6) is 11.5 Å². The van der Waals surface area contributed by atoms with E-state index >= 15 is 0 Å². The summed E-state index contributed by atoms with van der Waals surface area (Å²) in [6, 6.07) is 3.78. The maximum absolute atomic E-state index is 5.85. The summed E-state index contributed by atoms with van der Waals surface area (Å²) in [5, 5.41) is 1.06. The molecule has 1 saturated carbocycles. The molecule has 0 saturated heterocycles. The van der Waals surface area contributed by atoms with Gasteiger partial charge in [0.05, 0.1) is 26.2 Å². The van der Waals surface area contributed by atoms with E-state index in [1.54, 1.807) is 14.2 Å². The Morgan fingerprint density at radius 1 is 1.28 bits per heavy atom. The van der Waals surface area contributed by atoms with Crippen LogP contribution < -0.4 is 15.2 Å². The number of hydrogen-bond donors (Lipinski definition) is 1. The Balaban J connectivity index is 2.29. The van der Waals surface area contributed by atoms with Crippen molar-refractivity contribution in [3.05, 3.63) is 23.5 Å². The van der Waals surface area contributed by atoms with Gasteiger partial charge < -0.3 is 19.6 Å². The number of furan rings is 1. The number of methoxy groups -OCH3 is 2. The minimum Gasteiger partial charge on any atom is -0.496 e. The van der Waals surface area contributed by atoms with E-state index in [2.05, 4.69) is 0 Å². The smallest absolute Gasteiger partial charge is 0.142 e. The molecular weight excluding hydrogens is 230 g/mol. The Hall–Kier alpha value is -1.68. The summed E-state index contributed by atoms with van der Waals surface area (Å²) in [6.45, 7) is 0.423. The number of fused-ring (bicyclic) bond motifs is 1. The zero-order chi connectivity index (χ0) is 12.7. The van der Waals surface area contributed by atoms with Crippen molar-refractivity contribution in [3.8, 4) is 11.5 Å². The second-order valence-electron chi connectivity index (χ2n) is 4.62. The number of hydrogen-bond acceptors (Lipinski definition) is 4. The molecule has 0 unspecified atom stereocenters. The molecule has 1 heterocycles. The molecular formula is C14H17NO3. The van der Waals surface area contributed by atoms with E-state index in [1.807, 2.05) is 12.1 Å². The lowest BCUT2D eigenvalue weighted by Gasteiger charge is -2.06. The van der Waals surface area contributed by atoms with Gasteiger partial charge in [0.2, 0.25) is 0 Å². The summed E-state index contributed by atoms with van der Waals surface area (Å²) in [5.74, 6) is 2.99. The van der Waals surface area contributed by atoms with Gasteiger partial charge in [-0.05, 0) is 18.8 Å². The summed E-state index contributed by atoms with van der Waals surface area (Å²) >= 11 is 0. The first-order valence-corrected chi connectivity index (χ1v) is 6.15. The average molecular weight is 247 g/mol. The molecule has 1 aromatic heterocycles. The largest absolute Gasteiger partial charge is 0.496 e. The molecule has 0 aliphatic heterocycles. The summed E-state index contributed by atoms with van der Waals surface area (Å²) in [5.41, 5.74) is 7.80. The van der Waals surface area contributed by atoms with Crippen LogP contribution in [0.25, 0.3) is 11.0 Å².